The first-order chi connectivity index (χ1) is 4.15. The maximum Gasteiger partial charge on any atom is 0.336 e. The Bertz CT molecular complexity index is 128. The molecule has 0 aromatic rings. The van der Waals surface area contributed by atoms with Crippen molar-refractivity contribution >= 4 is 17.7 Å². The average Bonchev–Trinajstić information content (AvgIpc) is 2.16. The van der Waals surface area contributed by atoms with Crippen molar-refractivity contribution in [3.8, 4) is 0 Å². The number of aliphatic carboxylic acids is 1. The van der Waals surface area contributed by atoms with E-state index in [1.54, 1.807) is 0 Å². The van der Waals surface area contributed by atoms with Crippen LogP contribution in [0.25, 0.3) is 0 Å². The molecule has 0 aromatic carbocycles. The summed E-state index contributed by atoms with van der Waals surface area (Å²) in [5.74, 6) is -0.00185. The third-order valence-corrected chi connectivity index (χ3v) is 2.57. The molecule has 1 saturated heterocycles. The van der Waals surface area contributed by atoms with Gasteiger partial charge in [0, 0.05) is 5.75 Å². The van der Waals surface area contributed by atoms with Crippen LogP contribution in [0.2, 0.25) is 0 Å². The fraction of sp³-hybridized carbons (Fsp3) is 0.800. The van der Waals surface area contributed by atoms with Gasteiger partial charge in [0.25, 0.3) is 0 Å². The van der Waals surface area contributed by atoms with Gasteiger partial charge in [-0.25, -0.2) is 4.79 Å². The lowest BCUT2D eigenvalue weighted by atomic mass is 10.1. The van der Waals surface area contributed by atoms with Gasteiger partial charge < -0.3 is 10.2 Å². The summed E-state index contributed by atoms with van der Waals surface area (Å²) in [4.78, 5) is 10.3. The number of hydrogen-bond donors (Lipinski definition) is 2. The fourth-order valence-corrected chi connectivity index (χ4v) is 1.95. The van der Waals surface area contributed by atoms with Crippen molar-refractivity contribution in [1.29, 1.82) is 0 Å². The monoisotopic (exact) mass is 148 g/mol. The molecule has 0 radical (unpaired) electrons. The summed E-state index contributed by atoms with van der Waals surface area (Å²) >= 11 is 1.48. The van der Waals surface area contributed by atoms with E-state index in [-0.39, 0.29) is 0 Å². The molecule has 0 aliphatic carbocycles. The zero-order chi connectivity index (χ0) is 6.91. The number of thioether (sulfide) groups is 1. The van der Waals surface area contributed by atoms with Crippen LogP contribution in [-0.2, 0) is 4.79 Å². The maximum absolute atomic E-state index is 10.3. The maximum atomic E-state index is 10.3. The van der Waals surface area contributed by atoms with Gasteiger partial charge in [-0.3, -0.25) is 0 Å². The molecule has 4 heteroatoms. The van der Waals surface area contributed by atoms with E-state index in [2.05, 4.69) is 0 Å². The largest absolute Gasteiger partial charge is 0.479 e. The molecule has 0 aromatic heterocycles. The van der Waals surface area contributed by atoms with Crippen molar-refractivity contribution in [2.45, 2.75) is 12.0 Å². The SMILES string of the molecule is O=C(O)[C@@]1(O)CCSC1. The molecule has 0 spiro atoms. The Morgan fingerprint density at radius 2 is 2.33 bits per heavy atom. The van der Waals surface area contributed by atoms with Crippen molar-refractivity contribution in [1.82, 2.24) is 0 Å². The number of carbonyl (C=O) groups is 1. The van der Waals surface area contributed by atoms with Crippen molar-refractivity contribution in [3.05, 3.63) is 0 Å². The van der Waals surface area contributed by atoms with Crippen molar-refractivity contribution in [3.63, 3.8) is 0 Å². The molecule has 0 saturated carbocycles. The molecule has 0 bridgehead atoms. The second-order valence-electron chi connectivity index (χ2n) is 2.14. The lowest BCUT2D eigenvalue weighted by molar-refractivity contribution is -0.155. The third kappa shape index (κ3) is 1.19. The molecule has 9 heavy (non-hydrogen) atoms. The van der Waals surface area contributed by atoms with E-state index in [1.807, 2.05) is 0 Å². The van der Waals surface area contributed by atoms with Gasteiger partial charge in [-0.1, -0.05) is 0 Å². The van der Waals surface area contributed by atoms with Crippen LogP contribution in [0, 0.1) is 0 Å². The molecule has 0 amide bonds. The fourth-order valence-electron chi connectivity index (χ4n) is 0.723. The number of hydrogen-bond acceptors (Lipinski definition) is 3. The van der Waals surface area contributed by atoms with Crippen LogP contribution in [-0.4, -0.2) is 33.3 Å². The number of carboxylic acid groups (broad SMARTS) is 1. The van der Waals surface area contributed by atoms with Crippen LogP contribution in [0.15, 0.2) is 0 Å². The summed E-state index contributed by atoms with van der Waals surface area (Å²) in [6.07, 6.45) is 0.382. The van der Waals surface area contributed by atoms with E-state index < -0.39 is 11.6 Å². The second kappa shape index (κ2) is 2.19. The second-order valence-corrected chi connectivity index (χ2v) is 3.24. The Morgan fingerprint density at radius 3 is 2.56 bits per heavy atom. The first-order valence-electron chi connectivity index (χ1n) is 2.69. The Morgan fingerprint density at radius 1 is 1.67 bits per heavy atom. The van der Waals surface area contributed by atoms with Crippen LogP contribution >= 0.6 is 11.8 Å². The van der Waals surface area contributed by atoms with E-state index in [1.165, 1.54) is 11.8 Å². The zero-order valence-electron chi connectivity index (χ0n) is 4.83. The summed E-state index contributed by atoms with van der Waals surface area (Å²) in [6.45, 7) is 0. The van der Waals surface area contributed by atoms with Crippen LogP contribution in [0.5, 0.6) is 0 Å². The van der Waals surface area contributed by atoms with E-state index >= 15 is 0 Å². The van der Waals surface area contributed by atoms with Gasteiger partial charge in [0.15, 0.2) is 5.60 Å². The minimum absolute atomic E-state index is 0.336. The summed E-state index contributed by atoms with van der Waals surface area (Å²) in [5.41, 5.74) is -1.43. The Balaban J connectivity index is 2.61. The van der Waals surface area contributed by atoms with E-state index in [4.69, 9.17) is 10.2 Å². The van der Waals surface area contributed by atoms with Gasteiger partial charge >= 0.3 is 5.97 Å². The summed E-state index contributed by atoms with van der Waals surface area (Å²) in [7, 11) is 0. The normalized spacial score (nSPS) is 34.8. The lowest BCUT2D eigenvalue weighted by Crippen LogP contribution is -2.37. The third-order valence-electron chi connectivity index (χ3n) is 1.40. The van der Waals surface area contributed by atoms with Crippen LogP contribution in [0.4, 0.5) is 0 Å². The Kier molecular flexibility index (Phi) is 1.68. The predicted molar refractivity (Wildman–Crippen MR) is 34.5 cm³/mol. The Hall–Kier alpha value is -0.220. The molecule has 2 N–H and O–H groups in total. The van der Waals surface area contributed by atoms with Crippen molar-refractivity contribution in [2.75, 3.05) is 11.5 Å². The van der Waals surface area contributed by atoms with E-state index in [0.717, 1.165) is 5.75 Å². The molecule has 52 valence electrons. The van der Waals surface area contributed by atoms with Gasteiger partial charge in [0.05, 0.1) is 0 Å². The first kappa shape index (κ1) is 6.89. The molecular weight excluding hydrogens is 140 g/mol. The molecule has 1 aliphatic heterocycles. The van der Waals surface area contributed by atoms with Gasteiger partial charge in [0.2, 0.25) is 0 Å². The van der Waals surface area contributed by atoms with Crippen molar-refractivity contribution in [2.24, 2.45) is 0 Å². The molecule has 1 fully saturated rings. The number of rotatable bonds is 1. The van der Waals surface area contributed by atoms with E-state index in [9.17, 15) is 4.79 Å². The standard InChI is InChI=1S/C5H8O3S/c6-4(7)5(8)1-2-9-3-5/h8H,1-3H2,(H,6,7)/t5-/m1/s1. The predicted octanol–water partition coefficient (Wildman–Crippen LogP) is -0.0610. The van der Waals surface area contributed by atoms with Gasteiger partial charge in [-0.05, 0) is 12.2 Å². The van der Waals surface area contributed by atoms with Crippen LogP contribution in [0.3, 0.4) is 0 Å². The van der Waals surface area contributed by atoms with Crippen molar-refractivity contribution < 1.29 is 15.0 Å². The molecule has 1 heterocycles. The highest BCUT2D eigenvalue weighted by Gasteiger charge is 2.39. The first-order valence-corrected chi connectivity index (χ1v) is 3.84. The molecule has 1 rings (SSSR count). The summed E-state index contributed by atoms with van der Waals surface area (Å²) in [6, 6.07) is 0. The van der Waals surface area contributed by atoms with Crippen LogP contribution in [0.1, 0.15) is 6.42 Å². The molecule has 0 unspecified atom stereocenters. The highest BCUT2D eigenvalue weighted by Crippen LogP contribution is 2.27. The zero-order valence-corrected chi connectivity index (χ0v) is 5.65. The quantitative estimate of drug-likeness (QED) is 0.547. The van der Waals surface area contributed by atoms with Gasteiger partial charge in [-0.2, -0.15) is 11.8 Å². The number of aliphatic hydroxyl groups is 1. The lowest BCUT2D eigenvalue weighted by Gasteiger charge is -2.13. The highest BCUT2D eigenvalue weighted by atomic mass is 32.2. The Labute approximate surface area is 57.1 Å². The van der Waals surface area contributed by atoms with E-state index in [0.29, 0.717) is 12.2 Å². The molecule has 3 nitrogen and oxygen atoms in total. The smallest absolute Gasteiger partial charge is 0.336 e. The summed E-state index contributed by atoms with van der Waals surface area (Å²) in [5, 5.41) is 17.6. The molecule has 1 atom stereocenters. The molecular formula is C5H8O3S. The summed E-state index contributed by atoms with van der Waals surface area (Å²) < 4.78 is 0. The number of carboxylic acids is 1. The average molecular weight is 148 g/mol. The van der Waals surface area contributed by atoms with Gasteiger partial charge in [-0.15, -0.1) is 0 Å². The van der Waals surface area contributed by atoms with Gasteiger partial charge in [0.1, 0.15) is 0 Å². The van der Waals surface area contributed by atoms with Crippen LogP contribution < -0.4 is 0 Å². The minimum atomic E-state index is -1.43. The minimum Gasteiger partial charge on any atom is -0.479 e. The topological polar surface area (TPSA) is 57.5 Å². The molecule has 1 aliphatic rings. The highest BCUT2D eigenvalue weighted by molar-refractivity contribution is 7.99.